The lowest BCUT2D eigenvalue weighted by molar-refractivity contribution is -0.137. The quantitative estimate of drug-likeness (QED) is 0.274. The molecule has 3 nitrogen and oxygen atoms in total. The second-order valence-corrected chi connectivity index (χ2v) is 9.81. The zero-order valence-corrected chi connectivity index (χ0v) is 19.8. The summed E-state index contributed by atoms with van der Waals surface area (Å²) >= 11 is 5.08. The molecule has 0 saturated heterocycles. The molecule has 1 fully saturated rings. The number of hydrogen-bond donors (Lipinski definition) is 0. The van der Waals surface area contributed by atoms with Gasteiger partial charge in [0.15, 0.2) is 5.78 Å². The van der Waals surface area contributed by atoms with Crippen molar-refractivity contribution in [3.63, 3.8) is 0 Å². The molecule has 0 heterocycles. The highest BCUT2D eigenvalue weighted by Crippen LogP contribution is 2.52. The molecule has 0 aliphatic heterocycles. The first kappa shape index (κ1) is 23.5. The molecule has 0 bridgehead atoms. The fourth-order valence-electron chi connectivity index (χ4n) is 3.82. The monoisotopic (exact) mass is 468 g/mol. The Balaban J connectivity index is 1.98. The molecule has 1 saturated carbocycles. The zero-order chi connectivity index (χ0) is 20.6. The number of carbonyl (C=O) groups excluding carboxylic acids is 2. The predicted molar refractivity (Wildman–Crippen MR) is 121 cm³/mol. The Kier molecular flexibility index (Phi) is 9.07. The number of hydrogen-bond acceptors (Lipinski definition) is 4. The first-order valence-corrected chi connectivity index (χ1v) is 12.5. The topological polar surface area (TPSA) is 43.4 Å². The van der Waals surface area contributed by atoms with Gasteiger partial charge >= 0.3 is 5.97 Å². The van der Waals surface area contributed by atoms with Gasteiger partial charge in [-0.15, -0.1) is 11.8 Å². The van der Waals surface area contributed by atoms with Crippen molar-refractivity contribution in [1.82, 2.24) is 0 Å². The van der Waals surface area contributed by atoms with Gasteiger partial charge in [0.2, 0.25) is 0 Å². The number of thioether (sulfide) groups is 1. The number of carbonyl (C=O) groups is 2. The van der Waals surface area contributed by atoms with Crippen LogP contribution in [0.15, 0.2) is 24.3 Å². The fraction of sp³-hybridized carbons (Fsp3) is 0.652. The van der Waals surface area contributed by atoms with Crippen LogP contribution in [0.1, 0.15) is 63.5 Å². The van der Waals surface area contributed by atoms with Gasteiger partial charge in [-0.1, -0.05) is 60.0 Å². The van der Waals surface area contributed by atoms with Crippen LogP contribution in [0.25, 0.3) is 0 Å². The van der Waals surface area contributed by atoms with Crippen LogP contribution < -0.4 is 0 Å². The second kappa shape index (κ2) is 10.8. The summed E-state index contributed by atoms with van der Waals surface area (Å²) in [5.74, 6) is 1.55. The van der Waals surface area contributed by atoms with Crippen LogP contribution in [0, 0.1) is 5.41 Å². The van der Waals surface area contributed by atoms with Crippen molar-refractivity contribution in [3.05, 3.63) is 35.4 Å². The van der Waals surface area contributed by atoms with E-state index in [4.69, 9.17) is 4.74 Å². The summed E-state index contributed by atoms with van der Waals surface area (Å²) in [5.41, 5.74) is 2.38. The maximum atomic E-state index is 12.9. The number of methoxy groups -OCH3 is 1. The molecule has 5 heteroatoms. The van der Waals surface area contributed by atoms with E-state index in [0.29, 0.717) is 16.5 Å². The van der Waals surface area contributed by atoms with Crippen molar-refractivity contribution >= 4 is 39.4 Å². The van der Waals surface area contributed by atoms with Gasteiger partial charge in [-0.2, -0.15) is 0 Å². The highest BCUT2D eigenvalue weighted by Gasteiger charge is 2.43. The Hall–Kier alpha value is -0.810. The number of alkyl halides is 1. The van der Waals surface area contributed by atoms with E-state index < -0.39 is 5.41 Å². The standard InChI is InChI=1S/C23H33BrO3S/c1-4-7-18-8-5-9-19(14-18)22(2,20(25)15-24)10-6-11-23(12-13-23)17-28-16-21(26)27-3/h5,8-9,14H,4,6-7,10-13,15-17H2,1-3H3. The smallest absolute Gasteiger partial charge is 0.315 e. The van der Waals surface area contributed by atoms with Crippen molar-refractivity contribution in [3.8, 4) is 0 Å². The Morgan fingerprint density at radius 1 is 1.32 bits per heavy atom. The molecule has 156 valence electrons. The van der Waals surface area contributed by atoms with Gasteiger partial charge in [0.25, 0.3) is 0 Å². The third kappa shape index (κ3) is 6.35. The van der Waals surface area contributed by atoms with Gasteiger partial charge in [-0.3, -0.25) is 9.59 Å². The van der Waals surface area contributed by atoms with Gasteiger partial charge < -0.3 is 4.74 Å². The second-order valence-electron chi connectivity index (χ2n) is 8.26. The molecule has 0 amide bonds. The fourth-order valence-corrected chi connectivity index (χ4v) is 5.69. The average molecular weight is 469 g/mol. The minimum atomic E-state index is -0.442. The summed E-state index contributed by atoms with van der Waals surface area (Å²) in [5, 5.41) is 0.391. The van der Waals surface area contributed by atoms with Crippen LogP contribution in [0.4, 0.5) is 0 Å². The van der Waals surface area contributed by atoms with E-state index in [1.165, 1.54) is 25.5 Å². The van der Waals surface area contributed by atoms with Crippen molar-refractivity contribution in [2.75, 3.05) is 23.9 Å². The summed E-state index contributed by atoms with van der Waals surface area (Å²) in [6.45, 7) is 4.29. The Bertz CT molecular complexity index is 672. The number of Topliss-reactive ketones (excluding diaryl/α,β-unsaturated/α-hetero) is 1. The lowest BCUT2D eigenvalue weighted by Crippen LogP contribution is -2.34. The first-order valence-electron chi connectivity index (χ1n) is 10.2. The number of benzene rings is 1. The predicted octanol–water partition coefficient (Wildman–Crippen LogP) is 5.72. The van der Waals surface area contributed by atoms with E-state index in [1.54, 1.807) is 11.8 Å². The Morgan fingerprint density at radius 2 is 2.07 bits per heavy atom. The number of aryl methyl sites for hydroxylation is 1. The van der Waals surface area contributed by atoms with Gasteiger partial charge in [0, 0.05) is 0 Å². The Morgan fingerprint density at radius 3 is 2.68 bits per heavy atom. The molecule has 28 heavy (non-hydrogen) atoms. The highest BCUT2D eigenvalue weighted by atomic mass is 79.9. The van der Waals surface area contributed by atoms with E-state index in [2.05, 4.69) is 54.0 Å². The van der Waals surface area contributed by atoms with E-state index in [1.807, 2.05) is 0 Å². The van der Waals surface area contributed by atoms with E-state index in [9.17, 15) is 9.59 Å². The lowest BCUT2D eigenvalue weighted by Gasteiger charge is -2.29. The minimum absolute atomic E-state index is 0.150. The number of ketones is 1. The maximum Gasteiger partial charge on any atom is 0.315 e. The molecule has 0 N–H and O–H groups in total. The van der Waals surface area contributed by atoms with Crippen LogP contribution >= 0.6 is 27.7 Å². The van der Waals surface area contributed by atoms with Gasteiger partial charge in [0.05, 0.1) is 23.6 Å². The van der Waals surface area contributed by atoms with Crippen molar-refractivity contribution in [2.45, 2.75) is 64.2 Å². The molecular formula is C23H33BrO3S. The van der Waals surface area contributed by atoms with Gasteiger partial charge in [-0.05, 0) is 61.3 Å². The molecule has 1 aromatic rings. The SMILES string of the molecule is CCCc1cccc(C(C)(CCCC2(CSCC(=O)OC)CC2)C(=O)CBr)c1. The van der Waals surface area contributed by atoms with Crippen LogP contribution in [-0.4, -0.2) is 35.7 Å². The summed E-state index contributed by atoms with van der Waals surface area (Å²) in [6.07, 6.45) is 7.65. The average Bonchev–Trinajstić information content (AvgIpc) is 3.47. The molecule has 0 spiro atoms. The number of rotatable bonds is 13. The number of ether oxygens (including phenoxy) is 1. The van der Waals surface area contributed by atoms with Crippen LogP contribution in [0.5, 0.6) is 0 Å². The third-order valence-corrected chi connectivity index (χ3v) is 7.80. The van der Waals surface area contributed by atoms with E-state index >= 15 is 0 Å². The molecule has 1 aliphatic rings. The molecule has 1 aliphatic carbocycles. The number of esters is 1. The first-order chi connectivity index (χ1) is 13.4. The largest absolute Gasteiger partial charge is 0.468 e. The summed E-state index contributed by atoms with van der Waals surface area (Å²) in [7, 11) is 1.44. The summed E-state index contributed by atoms with van der Waals surface area (Å²) < 4.78 is 4.72. The summed E-state index contributed by atoms with van der Waals surface area (Å²) in [4.78, 5) is 24.2. The molecule has 0 radical (unpaired) electrons. The van der Waals surface area contributed by atoms with E-state index in [0.717, 1.165) is 43.4 Å². The van der Waals surface area contributed by atoms with Crippen LogP contribution in [-0.2, 0) is 26.2 Å². The minimum Gasteiger partial charge on any atom is -0.468 e. The van der Waals surface area contributed by atoms with Crippen molar-refractivity contribution in [2.24, 2.45) is 5.41 Å². The molecule has 1 aromatic carbocycles. The van der Waals surface area contributed by atoms with Crippen LogP contribution in [0.3, 0.4) is 0 Å². The molecule has 0 aromatic heterocycles. The molecule has 2 rings (SSSR count). The highest BCUT2D eigenvalue weighted by molar-refractivity contribution is 9.09. The Labute approximate surface area is 182 Å². The lowest BCUT2D eigenvalue weighted by atomic mass is 9.74. The van der Waals surface area contributed by atoms with Crippen LogP contribution in [0.2, 0.25) is 0 Å². The molecule has 1 unspecified atom stereocenters. The zero-order valence-electron chi connectivity index (χ0n) is 17.4. The van der Waals surface area contributed by atoms with Crippen molar-refractivity contribution in [1.29, 1.82) is 0 Å². The van der Waals surface area contributed by atoms with Crippen molar-refractivity contribution < 1.29 is 14.3 Å². The normalized spacial score (nSPS) is 17.0. The van der Waals surface area contributed by atoms with Gasteiger partial charge in [-0.25, -0.2) is 0 Å². The maximum absolute atomic E-state index is 12.9. The summed E-state index contributed by atoms with van der Waals surface area (Å²) in [6, 6.07) is 8.58. The van der Waals surface area contributed by atoms with Gasteiger partial charge in [0.1, 0.15) is 0 Å². The molecule has 1 atom stereocenters. The third-order valence-electron chi connectivity index (χ3n) is 6.04. The molecular weight excluding hydrogens is 436 g/mol. The number of halogens is 1. The van der Waals surface area contributed by atoms with E-state index in [-0.39, 0.29) is 11.8 Å².